The minimum absolute atomic E-state index is 0.148. The lowest BCUT2D eigenvalue weighted by Crippen LogP contribution is -2.39. The number of hydrogen-bond acceptors (Lipinski definition) is 6. The van der Waals surface area contributed by atoms with Gasteiger partial charge in [-0.05, 0) is 42.1 Å². The zero-order chi connectivity index (χ0) is 22.5. The fourth-order valence-electron chi connectivity index (χ4n) is 3.46. The third-order valence-electron chi connectivity index (χ3n) is 5.23. The average Bonchev–Trinajstić information content (AvgIpc) is 3.30. The molecule has 0 aliphatic rings. The Morgan fingerprint density at radius 2 is 1.81 bits per heavy atom. The van der Waals surface area contributed by atoms with Gasteiger partial charge < -0.3 is 18.9 Å². The highest BCUT2D eigenvalue weighted by atomic mass is 16.5. The van der Waals surface area contributed by atoms with E-state index in [-0.39, 0.29) is 12.5 Å². The zero-order valence-electron chi connectivity index (χ0n) is 18.3. The van der Waals surface area contributed by atoms with Crippen LogP contribution in [0.2, 0.25) is 0 Å². The standard InChI is InChI=1S/C25H25N3O4/c1-4-21(31-22-11-7-9-17-8-5-6-10-20(17)22)25(29)28(2)16-23-26-24(27-32-23)18-12-14-19(30-3)15-13-18/h5-15,21H,4,16H2,1-3H3/t21-/m0/s1. The van der Waals surface area contributed by atoms with Gasteiger partial charge in [-0.25, -0.2) is 0 Å². The molecular weight excluding hydrogens is 406 g/mol. The number of carbonyl (C=O) groups is 1. The summed E-state index contributed by atoms with van der Waals surface area (Å²) in [5, 5.41) is 6.07. The van der Waals surface area contributed by atoms with Crippen molar-refractivity contribution in [2.24, 2.45) is 0 Å². The van der Waals surface area contributed by atoms with E-state index >= 15 is 0 Å². The van der Waals surface area contributed by atoms with Crippen LogP contribution >= 0.6 is 0 Å². The van der Waals surface area contributed by atoms with E-state index in [4.69, 9.17) is 14.0 Å². The number of benzene rings is 3. The molecule has 3 aromatic carbocycles. The second-order valence-corrected chi connectivity index (χ2v) is 7.43. The van der Waals surface area contributed by atoms with Crippen LogP contribution < -0.4 is 9.47 Å². The van der Waals surface area contributed by atoms with Crippen LogP contribution in [0.5, 0.6) is 11.5 Å². The lowest BCUT2D eigenvalue weighted by molar-refractivity contribution is -0.138. The molecule has 7 nitrogen and oxygen atoms in total. The van der Waals surface area contributed by atoms with Gasteiger partial charge in [-0.2, -0.15) is 4.98 Å². The van der Waals surface area contributed by atoms with Gasteiger partial charge >= 0.3 is 0 Å². The summed E-state index contributed by atoms with van der Waals surface area (Å²) in [6.45, 7) is 2.12. The molecule has 0 bridgehead atoms. The Kier molecular flexibility index (Phi) is 6.35. The van der Waals surface area contributed by atoms with Crippen molar-refractivity contribution in [2.45, 2.75) is 26.0 Å². The summed E-state index contributed by atoms with van der Waals surface area (Å²) in [5.74, 6) is 2.11. The van der Waals surface area contributed by atoms with Crippen LogP contribution in [0.4, 0.5) is 0 Å². The molecule has 0 unspecified atom stereocenters. The Morgan fingerprint density at radius 1 is 1.06 bits per heavy atom. The summed E-state index contributed by atoms with van der Waals surface area (Å²) < 4.78 is 16.7. The van der Waals surface area contributed by atoms with E-state index < -0.39 is 6.10 Å². The average molecular weight is 431 g/mol. The molecule has 0 radical (unpaired) electrons. The topological polar surface area (TPSA) is 77.7 Å². The summed E-state index contributed by atoms with van der Waals surface area (Å²) in [7, 11) is 3.32. The molecule has 0 spiro atoms. The summed E-state index contributed by atoms with van der Waals surface area (Å²) in [4.78, 5) is 19.0. The van der Waals surface area contributed by atoms with Crippen molar-refractivity contribution in [1.29, 1.82) is 0 Å². The van der Waals surface area contributed by atoms with Crippen molar-refractivity contribution in [3.63, 3.8) is 0 Å². The van der Waals surface area contributed by atoms with E-state index in [0.29, 0.717) is 23.9 Å². The van der Waals surface area contributed by atoms with Gasteiger partial charge in [0.25, 0.3) is 5.91 Å². The van der Waals surface area contributed by atoms with Gasteiger partial charge in [0.2, 0.25) is 11.7 Å². The van der Waals surface area contributed by atoms with Gasteiger partial charge in [0.1, 0.15) is 11.5 Å². The fraction of sp³-hybridized carbons (Fsp3) is 0.240. The zero-order valence-corrected chi connectivity index (χ0v) is 18.3. The number of nitrogens with zero attached hydrogens (tertiary/aromatic N) is 3. The maximum Gasteiger partial charge on any atom is 0.263 e. The SMILES string of the molecule is CC[C@H](Oc1cccc2ccccc12)C(=O)N(C)Cc1nc(-c2ccc(OC)cc2)no1. The van der Waals surface area contributed by atoms with E-state index in [1.807, 2.05) is 73.7 Å². The predicted octanol–water partition coefficient (Wildman–Crippen LogP) is 4.71. The van der Waals surface area contributed by atoms with Gasteiger partial charge in [-0.15, -0.1) is 0 Å². The Labute approximate surface area is 186 Å². The fourth-order valence-corrected chi connectivity index (χ4v) is 3.46. The highest BCUT2D eigenvalue weighted by molar-refractivity contribution is 5.89. The Balaban J connectivity index is 1.44. The van der Waals surface area contributed by atoms with Crippen LogP contribution in [0.25, 0.3) is 22.2 Å². The first-order valence-corrected chi connectivity index (χ1v) is 10.5. The normalized spacial score (nSPS) is 11.8. The highest BCUT2D eigenvalue weighted by Gasteiger charge is 2.24. The molecule has 4 aromatic rings. The van der Waals surface area contributed by atoms with Crippen LogP contribution in [0.3, 0.4) is 0 Å². The van der Waals surface area contributed by atoms with Crippen molar-refractivity contribution >= 4 is 16.7 Å². The van der Waals surface area contributed by atoms with Gasteiger partial charge in [-0.3, -0.25) is 4.79 Å². The molecule has 0 saturated carbocycles. The van der Waals surface area contributed by atoms with Crippen LogP contribution in [0.1, 0.15) is 19.2 Å². The molecule has 1 heterocycles. The van der Waals surface area contributed by atoms with Gasteiger partial charge in [0.15, 0.2) is 6.10 Å². The van der Waals surface area contributed by atoms with E-state index in [1.165, 1.54) is 0 Å². The molecule has 164 valence electrons. The molecule has 0 saturated heterocycles. The maximum atomic E-state index is 13.1. The number of aromatic nitrogens is 2. The lowest BCUT2D eigenvalue weighted by Gasteiger charge is -2.23. The number of ether oxygens (including phenoxy) is 2. The molecular formula is C25H25N3O4. The third-order valence-corrected chi connectivity index (χ3v) is 5.23. The van der Waals surface area contributed by atoms with Crippen LogP contribution in [-0.4, -0.2) is 41.2 Å². The van der Waals surface area contributed by atoms with Crippen molar-refractivity contribution < 1.29 is 18.8 Å². The quantitative estimate of drug-likeness (QED) is 0.402. The van der Waals surface area contributed by atoms with Crippen LogP contribution in [-0.2, 0) is 11.3 Å². The Morgan fingerprint density at radius 3 is 2.56 bits per heavy atom. The number of likely N-dealkylation sites (N-methyl/N-ethyl adjacent to an activating group) is 1. The van der Waals surface area contributed by atoms with Crippen LogP contribution in [0.15, 0.2) is 71.3 Å². The molecule has 7 heteroatoms. The molecule has 1 atom stereocenters. The van der Waals surface area contributed by atoms with Gasteiger partial charge in [0.05, 0.1) is 13.7 Å². The molecule has 1 aromatic heterocycles. The van der Waals surface area contributed by atoms with Crippen molar-refractivity contribution in [2.75, 3.05) is 14.2 Å². The minimum Gasteiger partial charge on any atom is -0.497 e. The molecule has 32 heavy (non-hydrogen) atoms. The largest absolute Gasteiger partial charge is 0.497 e. The van der Waals surface area contributed by atoms with E-state index in [1.54, 1.807) is 19.1 Å². The molecule has 1 amide bonds. The van der Waals surface area contributed by atoms with Crippen LogP contribution in [0, 0.1) is 0 Å². The Bertz CT molecular complexity index is 1200. The monoisotopic (exact) mass is 431 g/mol. The van der Waals surface area contributed by atoms with E-state index in [9.17, 15) is 4.79 Å². The number of carbonyl (C=O) groups excluding carboxylic acids is 1. The number of rotatable bonds is 8. The second kappa shape index (κ2) is 9.51. The maximum absolute atomic E-state index is 13.1. The first-order chi connectivity index (χ1) is 15.6. The van der Waals surface area contributed by atoms with Crippen molar-refractivity contribution in [3.8, 4) is 22.9 Å². The summed E-state index contributed by atoms with van der Waals surface area (Å²) >= 11 is 0. The minimum atomic E-state index is -0.616. The van der Waals surface area contributed by atoms with Gasteiger partial charge in [0, 0.05) is 18.0 Å². The lowest BCUT2D eigenvalue weighted by atomic mass is 10.1. The number of methoxy groups -OCH3 is 1. The third kappa shape index (κ3) is 4.56. The molecule has 4 rings (SSSR count). The summed E-state index contributed by atoms with van der Waals surface area (Å²) in [5.41, 5.74) is 0.806. The number of fused-ring (bicyclic) bond motifs is 1. The van der Waals surface area contributed by atoms with E-state index in [2.05, 4.69) is 10.1 Å². The predicted molar refractivity (Wildman–Crippen MR) is 121 cm³/mol. The number of amides is 1. The van der Waals surface area contributed by atoms with Crippen molar-refractivity contribution in [1.82, 2.24) is 15.0 Å². The molecule has 0 aliphatic carbocycles. The molecule has 0 fully saturated rings. The van der Waals surface area contributed by atoms with E-state index in [0.717, 1.165) is 22.1 Å². The molecule has 0 N–H and O–H groups in total. The summed E-state index contributed by atoms with van der Waals surface area (Å²) in [6.07, 6.45) is -0.0809. The highest BCUT2D eigenvalue weighted by Crippen LogP contribution is 2.27. The van der Waals surface area contributed by atoms with Crippen molar-refractivity contribution in [3.05, 3.63) is 72.6 Å². The first kappa shape index (κ1) is 21.4. The summed E-state index contributed by atoms with van der Waals surface area (Å²) in [6, 6.07) is 21.2. The van der Waals surface area contributed by atoms with Gasteiger partial charge in [-0.1, -0.05) is 48.5 Å². The first-order valence-electron chi connectivity index (χ1n) is 10.5. The number of hydrogen-bond donors (Lipinski definition) is 0. The second-order valence-electron chi connectivity index (χ2n) is 7.43. The Hall–Kier alpha value is -3.87. The molecule has 0 aliphatic heterocycles. The smallest absolute Gasteiger partial charge is 0.263 e.